The molecule has 258 valence electrons. The number of carbonyl (C=O) groups excluding carboxylic acids is 3. The van der Waals surface area contributed by atoms with Crippen LogP contribution in [-0.2, 0) is 22.6 Å². The van der Waals surface area contributed by atoms with E-state index in [9.17, 15) is 24.3 Å². The molecule has 4 aliphatic rings. The van der Waals surface area contributed by atoms with Crippen molar-refractivity contribution in [2.45, 2.75) is 82.1 Å². The summed E-state index contributed by atoms with van der Waals surface area (Å²) in [5.41, 5.74) is 9.42. The summed E-state index contributed by atoms with van der Waals surface area (Å²) in [6.07, 6.45) is 5.50. The van der Waals surface area contributed by atoms with Crippen molar-refractivity contribution < 1.29 is 24.3 Å². The Balaban J connectivity index is 1.10. The Labute approximate surface area is 297 Å². The Hall–Kier alpha value is -3.36. The van der Waals surface area contributed by atoms with Crippen LogP contribution in [0.2, 0.25) is 0 Å². The number of likely N-dealkylation sites (tertiary alicyclic amines) is 3. The zero-order chi connectivity index (χ0) is 33.9. The number of anilines is 2. The van der Waals surface area contributed by atoms with Crippen molar-refractivity contribution in [3.8, 4) is 0 Å². The number of rotatable bonds is 7. The fourth-order valence-corrected chi connectivity index (χ4v) is 8.90. The van der Waals surface area contributed by atoms with E-state index < -0.39 is 18.1 Å². The number of amides is 5. The molecular formula is C34H43Br2N7O5. The second-order valence-electron chi connectivity index (χ2n) is 13.3. The lowest BCUT2D eigenvalue weighted by atomic mass is 9.94. The number of para-hydroxylation sites is 1. The van der Waals surface area contributed by atoms with E-state index in [-0.39, 0.29) is 36.5 Å². The second kappa shape index (κ2) is 15.0. The zero-order valence-electron chi connectivity index (χ0n) is 26.9. The van der Waals surface area contributed by atoms with Gasteiger partial charge in [0.2, 0.25) is 5.91 Å². The number of fused-ring (bicyclic) bond motifs is 1. The fraction of sp³-hybridized carbons (Fsp3) is 0.529. The summed E-state index contributed by atoms with van der Waals surface area (Å²) in [6, 6.07) is 9.95. The van der Waals surface area contributed by atoms with E-state index in [1.165, 1.54) is 0 Å². The van der Waals surface area contributed by atoms with Crippen molar-refractivity contribution in [1.29, 1.82) is 0 Å². The molecule has 0 aromatic heterocycles. The number of nitrogens with one attached hydrogen (secondary N) is 2. The van der Waals surface area contributed by atoms with E-state index in [1.54, 1.807) is 4.90 Å². The Bertz CT molecular complexity index is 1520. The number of carboxylic acids is 1. The highest BCUT2D eigenvalue weighted by molar-refractivity contribution is 9.11. The molecule has 5 amide bonds. The van der Waals surface area contributed by atoms with Gasteiger partial charge in [0.25, 0.3) is 0 Å². The third-order valence-electron chi connectivity index (χ3n) is 10.3. The van der Waals surface area contributed by atoms with Gasteiger partial charge >= 0.3 is 18.0 Å². The molecule has 2 aromatic carbocycles. The number of urea groups is 2. The van der Waals surface area contributed by atoms with Crippen LogP contribution in [0.5, 0.6) is 0 Å². The monoisotopic (exact) mass is 787 g/mol. The molecule has 3 saturated heterocycles. The topological polar surface area (TPSA) is 152 Å². The van der Waals surface area contributed by atoms with Crippen LogP contribution >= 0.6 is 31.9 Å². The number of carboxylic acid groups (broad SMARTS) is 1. The molecule has 2 aromatic rings. The van der Waals surface area contributed by atoms with Crippen LogP contribution in [0.15, 0.2) is 45.3 Å². The van der Waals surface area contributed by atoms with Crippen LogP contribution in [-0.4, -0.2) is 106 Å². The van der Waals surface area contributed by atoms with Gasteiger partial charge in [-0.25, -0.2) is 9.59 Å². The van der Waals surface area contributed by atoms with E-state index in [2.05, 4.69) is 47.4 Å². The van der Waals surface area contributed by atoms with E-state index in [0.717, 1.165) is 36.2 Å². The van der Waals surface area contributed by atoms with Crippen LogP contribution in [0, 0.1) is 0 Å². The molecule has 4 aliphatic heterocycles. The van der Waals surface area contributed by atoms with Crippen LogP contribution < -0.4 is 16.4 Å². The van der Waals surface area contributed by atoms with Crippen LogP contribution in [0.3, 0.4) is 0 Å². The fourth-order valence-electron chi connectivity index (χ4n) is 7.62. The highest BCUT2D eigenvalue weighted by Gasteiger charge is 2.38. The van der Waals surface area contributed by atoms with Gasteiger partial charge < -0.3 is 36.2 Å². The summed E-state index contributed by atoms with van der Waals surface area (Å²) in [5, 5.41) is 15.8. The summed E-state index contributed by atoms with van der Waals surface area (Å²) < 4.78 is 1.40. The Morgan fingerprint density at radius 2 is 1.56 bits per heavy atom. The quantitative estimate of drug-likeness (QED) is 0.293. The summed E-state index contributed by atoms with van der Waals surface area (Å²) in [7, 11) is 0. The largest absolute Gasteiger partial charge is 0.480 e. The number of carbonyl (C=O) groups is 4. The molecule has 4 heterocycles. The van der Waals surface area contributed by atoms with E-state index in [1.807, 2.05) is 46.2 Å². The Kier molecular flexibility index (Phi) is 10.8. The number of hydrogen-bond donors (Lipinski definition) is 4. The maximum absolute atomic E-state index is 14.1. The first kappa shape index (κ1) is 34.5. The highest BCUT2D eigenvalue weighted by atomic mass is 79.9. The number of piperidine rings is 3. The molecule has 0 bridgehead atoms. The van der Waals surface area contributed by atoms with Gasteiger partial charge in [0.15, 0.2) is 0 Å². The number of nitrogens with zero attached hydrogens (tertiary/aromatic N) is 4. The maximum atomic E-state index is 14.1. The average Bonchev–Trinajstić information content (AvgIpc) is 3.09. The lowest BCUT2D eigenvalue weighted by Gasteiger charge is -2.43. The van der Waals surface area contributed by atoms with Crippen LogP contribution in [0.25, 0.3) is 0 Å². The predicted octanol–water partition coefficient (Wildman–Crippen LogP) is 4.86. The first-order valence-electron chi connectivity index (χ1n) is 16.8. The minimum atomic E-state index is -0.805. The van der Waals surface area contributed by atoms with Crippen molar-refractivity contribution in [3.05, 3.63) is 56.5 Å². The first-order valence-corrected chi connectivity index (χ1v) is 18.4. The molecule has 6 rings (SSSR count). The molecule has 3 fully saturated rings. The van der Waals surface area contributed by atoms with Crippen LogP contribution in [0.4, 0.5) is 21.0 Å². The van der Waals surface area contributed by atoms with Crippen molar-refractivity contribution in [2.24, 2.45) is 0 Å². The lowest BCUT2D eigenvalue weighted by Crippen LogP contribution is -2.58. The van der Waals surface area contributed by atoms with Gasteiger partial charge in [-0.3, -0.25) is 14.5 Å². The minimum absolute atomic E-state index is 0.00578. The third kappa shape index (κ3) is 7.60. The van der Waals surface area contributed by atoms with Gasteiger partial charge in [-0.2, -0.15) is 0 Å². The maximum Gasteiger partial charge on any atom is 0.322 e. The van der Waals surface area contributed by atoms with Gasteiger partial charge in [-0.05, 0) is 106 Å². The van der Waals surface area contributed by atoms with Gasteiger partial charge in [0.05, 0.1) is 5.69 Å². The number of nitrogen functional groups attached to an aromatic ring is 1. The summed E-state index contributed by atoms with van der Waals surface area (Å²) >= 11 is 7.00. The molecule has 0 aliphatic carbocycles. The zero-order valence-corrected chi connectivity index (χ0v) is 30.0. The van der Waals surface area contributed by atoms with Gasteiger partial charge in [-0.1, -0.05) is 24.6 Å². The molecular weight excluding hydrogens is 746 g/mol. The molecule has 2 atom stereocenters. The minimum Gasteiger partial charge on any atom is -0.480 e. The normalized spacial score (nSPS) is 21.8. The predicted molar refractivity (Wildman–Crippen MR) is 189 cm³/mol. The number of aliphatic carboxylic acids is 1. The van der Waals surface area contributed by atoms with Crippen LogP contribution in [0.1, 0.15) is 56.1 Å². The number of benzene rings is 2. The van der Waals surface area contributed by atoms with E-state index in [4.69, 9.17) is 5.73 Å². The highest BCUT2D eigenvalue weighted by Crippen LogP contribution is 2.31. The molecule has 0 saturated carbocycles. The lowest BCUT2D eigenvalue weighted by molar-refractivity contribution is -0.147. The Morgan fingerprint density at radius 3 is 2.25 bits per heavy atom. The molecule has 48 heavy (non-hydrogen) atoms. The standard InChI is InChI=1S/C34H43Br2N7O5/c35-25-17-21(18-26(36)30(25)37)19-28(31(44)40-13-8-23(9-14-40)42-12-4-3-7-29(42)32(45)46)39-33(47)41-15-10-24(11-16-41)43-20-22-5-1-2-6-27(22)38-34(43)48/h1-2,5-6,17-18,23-24,28-29H,3-4,7-16,19-20,37H2,(H,38,48)(H,39,47)(H,45,46)/t28-,29+/m1/s1. The molecule has 0 spiro atoms. The Morgan fingerprint density at radius 1 is 0.917 bits per heavy atom. The van der Waals surface area contributed by atoms with E-state index >= 15 is 0 Å². The molecule has 0 radical (unpaired) electrons. The third-order valence-corrected chi connectivity index (χ3v) is 11.6. The molecule has 12 nitrogen and oxygen atoms in total. The number of hydrogen-bond acceptors (Lipinski definition) is 6. The molecule has 0 unspecified atom stereocenters. The summed E-state index contributed by atoms with van der Waals surface area (Å²) in [5.74, 6) is -0.928. The average molecular weight is 790 g/mol. The smallest absolute Gasteiger partial charge is 0.322 e. The summed E-state index contributed by atoms with van der Waals surface area (Å²) in [6.45, 7) is 3.23. The molecule has 14 heteroatoms. The van der Waals surface area contributed by atoms with Crippen molar-refractivity contribution in [3.63, 3.8) is 0 Å². The SMILES string of the molecule is Nc1c(Br)cc(C[C@@H](NC(=O)N2CCC(N3Cc4ccccc4NC3=O)CC2)C(=O)N2CCC(N3CCCC[C@H]3C(=O)O)CC2)cc1Br. The van der Waals surface area contributed by atoms with Crippen molar-refractivity contribution in [1.82, 2.24) is 24.9 Å². The number of nitrogens with two attached hydrogens (primary N) is 1. The van der Waals surface area contributed by atoms with Crippen molar-refractivity contribution >= 4 is 67.2 Å². The van der Waals surface area contributed by atoms with Gasteiger partial charge in [0, 0.05) is 65.9 Å². The molecule has 5 N–H and O–H groups in total. The van der Waals surface area contributed by atoms with E-state index in [0.29, 0.717) is 79.5 Å². The van der Waals surface area contributed by atoms with Gasteiger partial charge in [-0.15, -0.1) is 0 Å². The summed E-state index contributed by atoms with van der Waals surface area (Å²) in [4.78, 5) is 60.1. The van der Waals surface area contributed by atoms with Crippen molar-refractivity contribution in [2.75, 3.05) is 43.8 Å². The number of halogens is 2. The van der Waals surface area contributed by atoms with Gasteiger partial charge in [0.1, 0.15) is 12.1 Å². The second-order valence-corrected chi connectivity index (χ2v) is 15.0. The first-order chi connectivity index (χ1) is 23.1.